The van der Waals surface area contributed by atoms with Gasteiger partial charge in [0.1, 0.15) is 0 Å². The third kappa shape index (κ3) is 1.73. The Morgan fingerprint density at radius 1 is 1.50 bits per heavy atom. The summed E-state index contributed by atoms with van der Waals surface area (Å²) in [6.07, 6.45) is 6.46. The predicted octanol–water partition coefficient (Wildman–Crippen LogP) is 3.08. The first-order valence-corrected chi connectivity index (χ1v) is 6.54. The van der Waals surface area contributed by atoms with E-state index in [0.29, 0.717) is 5.92 Å². The van der Waals surface area contributed by atoms with Crippen LogP contribution in [0.3, 0.4) is 0 Å². The lowest BCUT2D eigenvalue weighted by atomic mass is 9.92. The maximum Gasteiger partial charge on any atom is 0.00833 e. The van der Waals surface area contributed by atoms with Crippen LogP contribution < -0.4 is 5.73 Å². The molecule has 2 N–H and O–H groups in total. The monoisotopic (exact) mass is 209 g/mol. The van der Waals surface area contributed by atoms with Gasteiger partial charge < -0.3 is 5.73 Å². The van der Waals surface area contributed by atoms with Crippen LogP contribution in [0.4, 0.5) is 0 Å². The van der Waals surface area contributed by atoms with Gasteiger partial charge in [0.2, 0.25) is 0 Å². The zero-order valence-electron chi connectivity index (χ0n) is 8.88. The van der Waals surface area contributed by atoms with Crippen LogP contribution in [-0.4, -0.2) is 6.54 Å². The van der Waals surface area contributed by atoms with Crippen LogP contribution >= 0.6 is 11.3 Å². The van der Waals surface area contributed by atoms with Crippen molar-refractivity contribution in [1.82, 2.24) is 0 Å². The minimum Gasteiger partial charge on any atom is -0.330 e. The molecule has 0 saturated heterocycles. The summed E-state index contributed by atoms with van der Waals surface area (Å²) in [6, 6.07) is 0. The van der Waals surface area contributed by atoms with Crippen molar-refractivity contribution in [1.29, 1.82) is 0 Å². The summed E-state index contributed by atoms with van der Waals surface area (Å²) in [4.78, 5) is 1.62. The van der Waals surface area contributed by atoms with Crippen LogP contribution in [0.25, 0.3) is 0 Å². The van der Waals surface area contributed by atoms with Crippen LogP contribution in [0.15, 0.2) is 5.38 Å². The van der Waals surface area contributed by atoms with Gasteiger partial charge in [-0.3, -0.25) is 0 Å². The van der Waals surface area contributed by atoms with Gasteiger partial charge in [0.15, 0.2) is 0 Å². The molecule has 1 aromatic heterocycles. The SMILES string of the molecule is CCc1csc2c1[C@H](CN)CCCC2. The van der Waals surface area contributed by atoms with Gasteiger partial charge in [0.25, 0.3) is 0 Å². The number of thiophene rings is 1. The molecule has 0 aliphatic heterocycles. The largest absolute Gasteiger partial charge is 0.330 e. The van der Waals surface area contributed by atoms with Crippen molar-refractivity contribution in [2.24, 2.45) is 5.73 Å². The van der Waals surface area contributed by atoms with Crippen molar-refractivity contribution in [2.75, 3.05) is 6.54 Å². The fourth-order valence-electron chi connectivity index (χ4n) is 2.46. The fourth-order valence-corrected chi connectivity index (χ4v) is 3.73. The van der Waals surface area contributed by atoms with Crippen LogP contribution in [0, 0.1) is 0 Å². The molecular formula is C12H19NS. The molecule has 2 rings (SSSR count). The topological polar surface area (TPSA) is 26.0 Å². The van der Waals surface area contributed by atoms with Gasteiger partial charge in [-0.15, -0.1) is 11.3 Å². The van der Waals surface area contributed by atoms with Gasteiger partial charge in [0.05, 0.1) is 0 Å². The molecule has 0 amide bonds. The Labute approximate surface area is 90.3 Å². The summed E-state index contributed by atoms with van der Waals surface area (Å²) < 4.78 is 0. The van der Waals surface area contributed by atoms with Gasteiger partial charge in [-0.25, -0.2) is 0 Å². The van der Waals surface area contributed by atoms with E-state index >= 15 is 0 Å². The third-order valence-corrected chi connectivity index (χ3v) is 4.38. The zero-order chi connectivity index (χ0) is 9.97. The normalized spacial score (nSPS) is 21.7. The number of fused-ring (bicyclic) bond motifs is 1. The van der Waals surface area contributed by atoms with Crippen LogP contribution in [0.2, 0.25) is 0 Å². The Morgan fingerprint density at radius 2 is 2.36 bits per heavy atom. The smallest absolute Gasteiger partial charge is 0.00833 e. The zero-order valence-corrected chi connectivity index (χ0v) is 9.70. The predicted molar refractivity (Wildman–Crippen MR) is 63.0 cm³/mol. The molecule has 1 aliphatic carbocycles. The second-order valence-corrected chi connectivity index (χ2v) is 5.09. The van der Waals surface area contributed by atoms with Gasteiger partial charge in [-0.05, 0) is 54.7 Å². The van der Waals surface area contributed by atoms with Crippen molar-refractivity contribution < 1.29 is 0 Å². The van der Waals surface area contributed by atoms with E-state index in [2.05, 4.69) is 12.3 Å². The quantitative estimate of drug-likeness (QED) is 0.744. The van der Waals surface area contributed by atoms with Gasteiger partial charge in [-0.1, -0.05) is 13.3 Å². The lowest BCUT2D eigenvalue weighted by molar-refractivity contribution is 0.600. The summed E-state index contributed by atoms with van der Waals surface area (Å²) in [7, 11) is 0. The fraction of sp³-hybridized carbons (Fsp3) is 0.667. The number of nitrogens with two attached hydrogens (primary N) is 1. The van der Waals surface area contributed by atoms with E-state index in [0.717, 1.165) is 6.54 Å². The Balaban J connectivity index is 2.38. The van der Waals surface area contributed by atoms with Crippen molar-refractivity contribution in [3.63, 3.8) is 0 Å². The first-order valence-electron chi connectivity index (χ1n) is 5.66. The lowest BCUT2D eigenvalue weighted by Gasteiger charge is -2.14. The summed E-state index contributed by atoms with van der Waals surface area (Å²) >= 11 is 1.95. The highest BCUT2D eigenvalue weighted by atomic mass is 32.1. The molecule has 1 heterocycles. The molecule has 1 nitrogen and oxygen atoms in total. The molecular weight excluding hydrogens is 190 g/mol. The second-order valence-electron chi connectivity index (χ2n) is 4.13. The van der Waals surface area contributed by atoms with Crippen molar-refractivity contribution in [2.45, 2.75) is 44.9 Å². The molecule has 1 atom stereocenters. The molecule has 0 radical (unpaired) electrons. The highest BCUT2D eigenvalue weighted by Gasteiger charge is 2.21. The Morgan fingerprint density at radius 3 is 3.07 bits per heavy atom. The molecule has 1 aliphatic rings. The lowest BCUT2D eigenvalue weighted by Crippen LogP contribution is -2.13. The Hall–Kier alpha value is -0.340. The van der Waals surface area contributed by atoms with Gasteiger partial charge in [-0.2, -0.15) is 0 Å². The maximum atomic E-state index is 5.87. The Bertz CT molecular complexity index is 303. The standard InChI is InChI=1S/C12H19NS/c1-2-9-8-14-11-6-4-3-5-10(7-13)12(9)11/h8,10H,2-7,13H2,1H3/t10-/m0/s1. The van der Waals surface area contributed by atoms with Crippen LogP contribution in [0.1, 0.15) is 48.1 Å². The van der Waals surface area contributed by atoms with Crippen molar-refractivity contribution in [3.8, 4) is 0 Å². The summed E-state index contributed by atoms with van der Waals surface area (Å²) in [5.74, 6) is 0.647. The highest BCUT2D eigenvalue weighted by Crippen LogP contribution is 2.36. The average Bonchev–Trinajstić information content (AvgIpc) is 2.51. The number of rotatable bonds is 2. The molecule has 0 aromatic carbocycles. The molecule has 78 valence electrons. The van der Waals surface area contributed by atoms with Gasteiger partial charge >= 0.3 is 0 Å². The number of hydrogen-bond acceptors (Lipinski definition) is 2. The average molecular weight is 209 g/mol. The molecule has 0 fully saturated rings. The van der Waals surface area contributed by atoms with E-state index in [1.807, 2.05) is 11.3 Å². The minimum absolute atomic E-state index is 0.647. The molecule has 0 saturated carbocycles. The van der Waals surface area contributed by atoms with E-state index in [1.54, 1.807) is 16.0 Å². The van der Waals surface area contributed by atoms with E-state index in [1.165, 1.54) is 32.1 Å². The van der Waals surface area contributed by atoms with Crippen molar-refractivity contribution >= 4 is 11.3 Å². The van der Waals surface area contributed by atoms with Crippen LogP contribution in [0.5, 0.6) is 0 Å². The van der Waals surface area contributed by atoms with E-state index in [4.69, 9.17) is 5.73 Å². The molecule has 0 unspecified atom stereocenters. The maximum absolute atomic E-state index is 5.87. The van der Waals surface area contributed by atoms with E-state index < -0.39 is 0 Å². The Kier molecular flexibility index (Phi) is 3.24. The highest BCUT2D eigenvalue weighted by molar-refractivity contribution is 7.10. The number of hydrogen-bond donors (Lipinski definition) is 1. The molecule has 0 spiro atoms. The summed E-state index contributed by atoms with van der Waals surface area (Å²) in [5, 5.41) is 2.35. The first-order chi connectivity index (χ1) is 6.86. The molecule has 1 aromatic rings. The van der Waals surface area contributed by atoms with E-state index in [9.17, 15) is 0 Å². The van der Waals surface area contributed by atoms with Crippen molar-refractivity contribution in [3.05, 3.63) is 21.4 Å². The number of aryl methyl sites for hydroxylation is 2. The summed E-state index contributed by atoms with van der Waals surface area (Å²) in [5.41, 5.74) is 9.06. The van der Waals surface area contributed by atoms with E-state index in [-0.39, 0.29) is 0 Å². The molecule has 2 heteroatoms. The summed E-state index contributed by atoms with van der Waals surface area (Å²) in [6.45, 7) is 3.08. The van der Waals surface area contributed by atoms with Crippen LogP contribution in [-0.2, 0) is 12.8 Å². The molecule has 0 bridgehead atoms. The second kappa shape index (κ2) is 4.45. The van der Waals surface area contributed by atoms with Gasteiger partial charge in [0, 0.05) is 4.88 Å². The minimum atomic E-state index is 0.647. The third-order valence-electron chi connectivity index (χ3n) is 3.27. The molecule has 14 heavy (non-hydrogen) atoms. The first kappa shape index (κ1) is 10.2.